The topological polar surface area (TPSA) is 78.6 Å². The molecule has 0 amide bonds. The molecule has 0 radical (unpaired) electrons. The molecule has 0 aliphatic rings. The number of hydrogen-bond acceptors (Lipinski definition) is 4. The highest BCUT2D eigenvalue weighted by Crippen LogP contribution is 2.21. The number of methoxy groups -OCH3 is 1. The van der Waals surface area contributed by atoms with Crippen molar-refractivity contribution in [1.29, 1.82) is 0 Å². The molecular formula is C16H19N5O. The van der Waals surface area contributed by atoms with E-state index in [4.69, 9.17) is 4.74 Å². The van der Waals surface area contributed by atoms with E-state index in [1.807, 2.05) is 36.7 Å². The lowest BCUT2D eigenvalue weighted by Gasteiger charge is -2.03. The Labute approximate surface area is 129 Å². The molecule has 0 bridgehead atoms. The zero-order valence-electron chi connectivity index (χ0n) is 12.5. The monoisotopic (exact) mass is 297 g/mol. The van der Waals surface area contributed by atoms with Gasteiger partial charge in [0.25, 0.3) is 0 Å². The van der Waals surface area contributed by atoms with E-state index in [2.05, 4.69) is 25.3 Å². The maximum Gasteiger partial charge on any atom is 0.200 e. The van der Waals surface area contributed by atoms with Crippen molar-refractivity contribution in [3.05, 3.63) is 48.7 Å². The Hall–Kier alpha value is -2.76. The third-order valence-corrected chi connectivity index (χ3v) is 3.45. The molecule has 0 saturated carbocycles. The van der Waals surface area contributed by atoms with Crippen LogP contribution in [-0.4, -0.2) is 33.6 Å². The summed E-state index contributed by atoms with van der Waals surface area (Å²) in [5.41, 5.74) is 3.22. The van der Waals surface area contributed by atoms with Crippen molar-refractivity contribution < 1.29 is 4.74 Å². The van der Waals surface area contributed by atoms with Gasteiger partial charge in [-0.05, 0) is 42.7 Å². The van der Waals surface area contributed by atoms with Crippen LogP contribution >= 0.6 is 0 Å². The van der Waals surface area contributed by atoms with E-state index in [0.717, 1.165) is 48.0 Å². The minimum Gasteiger partial charge on any atom is -0.497 e. The van der Waals surface area contributed by atoms with Crippen LogP contribution in [0.1, 0.15) is 12.1 Å². The van der Waals surface area contributed by atoms with Gasteiger partial charge < -0.3 is 20.0 Å². The highest BCUT2D eigenvalue weighted by atomic mass is 16.5. The molecule has 0 fully saturated rings. The molecule has 3 aromatic rings. The molecule has 2 aromatic heterocycles. The van der Waals surface area contributed by atoms with E-state index in [0.29, 0.717) is 0 Å². The predicted molar refractivity (Wildman–Crippen MR) is 86.0 cm³/mol. The van der Waals surface area contributed by atoms with Crippen LogP contribution in [0.4, 0.5) is 5.95 Å². The summed E-state index contributed by atoms with van der Waals surface area (Å²) in [5.74, 6) is 1.64. The summed E-state index contributed by atoms with van der Waals surface area (Å²) >= 11 is 0. The van der Waals surface area contributed by atoms with Gasteiger partial charge in [0.2, 0.25) is 5.95 Å². The first-order valence-corrected chi connectivity index (χ1v) is 7.26. The lowest BCUT2D eigenvalue weighted by atomic mass is 10.2. The van der Waals surface area contributed by atoms with Crippen LogP contribution in [0.2, 0.25) is 0 Å². The normalized spacial score (nSPS) is 10.6. The number of H-pyrrole nitrogens is 2. The van der Waals surface area contributed by atoms with Crippen molar-refractivity contribution in [3.8, 4) is 17.0 Å². The molecule has 0 saturated heterocycles. The van der Waals surface area contributed by atoms with Crippen molar-refractivity contribution >= 4 is 5.95 Å². The van der Waals surface area contributed by atoms with E-state index in [9.17, 15) is 0 Å². The first-order valence-electron chi connectivity index (χ1n) is 7.26. The minimum atomic E-state index is 0.787. The first-order chi connectivity index (χ1) is 10.8. The van der Waals surface area contributed by atoms with Gasteiger partial charge >= 0.3 is 0 Å². The Morgan fingerprint density at radius 2 is 2.05 bits per heavy atom. The number of nitrogens with one attached hydrogen (secondary N) is 3. The van der Waals surface area contributed by atoms with E-state index in [-0.39, 0.29) is 0 Å². The number of aromatic nitrogens is 4. The van der Waals surface area contributed by atoms with Gasteiger partial charge in [0, 0.05) is 18.4 Å². The molecule has 114 valence electrons. The zero-order valence-corrected chi connectivity index (χ0v) is 12.5. The molecule has 0 atom stereocenters. The highest BCUT2D eigenvalue weighted by molar-refractivity contribution is 5.61. The number of ether oxygens (including phenoxy) is 1. The van der Waals surface area contributed by atoms with Crippen LogP contribution in [0, 0.1) is 0 Å². The number of nitrogens with zero attached hydrogens (tertiary/aromatic N) is 2. The van der Waals surface area contributed by atoms with Crippen molar-refractivity contribution in [2.24, 2.45) is 0 Å². The van der Waals surface area contributed by atoms with Crippen molar-refractivity contribution in [1.82, 2.24) is 19.9 Å². The lowest BCUT2D eigenvalue weighted by Crippen LogP contribution is -2.04. The summed E-state index contributed by atoms with van der Waals surface area (Å²) < 4.78 is 5.16. The fourth-order valence-corrected chi connectivity index (χ4v) is 2.24. The smallest absolute Gasteiger partial charge is 0.200 e. The average Bonchev–Trinajstić information content (AvgIpc) is 3.23. The second-order valence-corrected chi connectivity index (χ2v) is 4.98. The fourth-order valence-electron chi connectivity index (χ4n) is 2.24. The molecule has 6 heteroatoms. The molecule has 22 heavy (non-hydrogen) atoms. The summed E-state index contributed by atoms with van der Waals surface area (Å²) in [4.78, 5) is 14.7. The molecule has 0 aliphatic carbocycles. The first kappa shape index (κ1) is 14.2. The van der Waals surface area contributed by atoms with Crippen LogP contribution in [0.5, 0.6) is 5.75 Å². The Morgan fingerprint density at radius 3 is 2.77 bits per heavy atom. The predicted octanol–water partition coefficient (Wildman–Crippen LogP) is 2.85. The van der Waals surface area contributed by atoms with Crippen LogP contribution in [0.15, 0.2) is 43.0 Å². The largest absolute Gasteiger partial charge is 0.497 e. The zero-order chi connectivity index (χ0) is 15.2. The summed E-state index contributed by atoms with van der Waals surface area (Å²) in [5, 5.41) is 3.29. The molecule has 0 spiro atoms. The van der Waals surface area contributed by atoms with E-state index in [1.54, 1.807) is 13.4 Å². The van der Waals surface area contributed by atoms with Gasteiger partial charge in [-0.1, -0.05) is 0 Å². The standard InChI is InChI=1S/C16H19N5O/c1-22-14-6-4-12(5-7-14)15-10-19-16(21-15)18-8-2-3-13-9-17-11-20-13/h4-7,9-11H,2-3,8H2,1H3,(H,17,20)(H2,18,19,21). The quantitative estimate of drug-likeness (QED) is 0.586. The van der Waals surface area contributed by atoms with Gasteiger partial charge in [-0.3, -0.25) is 0 Å². The summed E-state index contributed by atoms with van der Waals surface area (Å²) in [6, 6.07) is 7.89. The Morgan fingerprint density at radius 1 is 1.18 bits per heavy atom. The molecule has 3 rings (SSSR count). The maximum atomic E-state index is 5.16. The highest BCUT2D eigenvalue weighted by Gasteiger charge is 2.03. The number of aromatic amines is 2. The van der Waals surface area contributed by atoms with Crippen molar-refractivity contribution in [3.63, 3.8) is 0 Å². The van der Waals surface area contributed by atoms with Crippen LogP contribution < -0.4 is 10.1 Å². The van der Waals surface area contributed by atoms with Gasteiger partial charge in [-0.2, -0.15) is 0 Å². The second-order valence-electron chi connectivity index (χ2n) is 4.98. The number of hydrogen-bond donors (Lipinski definition) is 3. The number of aryl methyl sites for hydroxylation is 1. The summed E-state index contributed by atoms with van der Waals surface area (Å²) in [6.07, 6.45) is 7.38. The van der Waals surface area contributed by atoms with Crippen molar-refractivity contribution in [2.75, 3.05) is 19.0 Å². The van der Waals surface area contributed by atoms with Gasteiger partial charge in [0.15, 0.2) is 0 Å². The molecule has 1 aromatic carbocycles. The van der Waals surface area contributed by atoms with Crippen molar-refractivity contribution in [2.45, 2.75) is 12.8 Å². The van der Waals surface area contributed by atoms with Crippen LogP contribution in [0.25, 0.3) is 11.3 Å². The number of rotatable bonds is 7. The molecular weight excluding hydrogens is 278 g/mol. The average molecular weight is 297 g/mol. The summed E-state index contributed by atoms with van der Waals surface area (Å²) in [6.45, 7) is 0.856. The minimum absolute atomic E-state index is 0.787. The lowest BCUT2D eigenvalue weighted by molar-refractivity contribution is 0.415. The van der Waals surface area contributed by atoms with E-state index in [1.165, 1.54) is 0 Å². The van der Waals surface area contributed by atoms with Gasteiger partial charge in [0.05, 0.1) is 25.3 Å². The summed E-state index contributed by atoms with van der Waals surface area (Å²) in [7, 11) is 1.66. The third kappa shape index (κ3) is 3.46. The molecule has 6 nitrogen and oxygen atoms in total. The fraction of sp³-hybridized carbons (Fsp3) is 0.250. The second kappa shape index (κ2) is 6.80. The van der Waals surface area contributed by atoms with Crippen LogP contribution in [0.3, 0.4) is 0 Å². The third-order valence-electron chi connectivity index (χ3n) is 3.45. The van der Waals surface area contributed by atoms with Gasteiger partial charge in [0.1, 0.15) is 5.75 Å². The molecule has 3 N–H and O–H groups in total. The molecule has 2 heterocycles. The number of anilines is 1. The van der Waals surface area contributed by atoms with E-state index < -0.39 is 0 Å². The van der Waals surface area contributed by atoms with Crippen LogP contribution in [-0.2, 0) is 6.42 Å². The Bertz CT molecular complexity index is 688. The Balaban J connectivity index is 1.52. The number of imidazole rings is 2. The molecule has 0 unspecified atom stereocenters. The number of benzene rings is 1. The SMILES string of the molecule is COc1ccc(-c2cnc(NCCCc3cnc[nH]3)[nH]2)cc1. The van der Waals surface area contributed by atoms with Gasteiger partial charge in [-0.25, -0.2) is 9.97 Å². The van der Waals surface area contributed by atoms with E-state index >= 15 is 0 Å². The Kier molecular flexibility index (Phi) is 4.38. The van der Waals surface area contributed by atoms with Gasteiger partial charge in [-0.15, -0.1) is 0 Å². The molecule has 0 aliphatic heterocycles. The maximum absolute atomic E-state index is 5.16.